The third kappa shape index (κ3) is 4.16. The zero-order valence-electron chi connectivity index (χ0n) is 14.0. The maximum atomic E-state index is 5.36. The van der Waals surface area contributed by atoms with Crippen LogP contribution in [0.3, 0.4) is 0 Å². The highest BCUT2D eigenvalue weighted by molar-refractivity contribution is 7.80. The van der Waals surface area contributed by atoms with Crippen molar-refractivity contribution in [2.24, 2.45) is 0 Å². The number of hydrogen-bond acceptors (Lipinski definition) is 4. The molecular formula is C17H22N2O3S. The topological polar surface area (TPSA) is 51.8 Å². The second kappa shape index (κ2) is 6.91. The largest absolute Gasteiger partial charge is 0.493 e. The van der Waals surface area contributed by atoms with Crippen molar-refractivity contribution in [1.82, 2.24) is 10.6 Å². The molecule has 1 aromatic rings. The molecule has 0 amide bonds. The van der Waals surface area contributed by atoms with Crippen molar-refractivity contribution in [3.8, 4) is 17.2 Å². The Morgan fingerprint density at radius 2 is 1.61 bits per heavy atom. The molecule has 0 saturated heterocycles. The van der Waals surface area contributed by atoms with E-state index in [0.717, 1.165) is 11.3 Å². The Kier molecular flexibility index (Phi) is 5.15. The van der Waals surface area contributed by atoms with E-state index in [4.69, 9.17) is 26.4 Å². The molecule has 1 heterocycles. The summed E-state index contributed by atoms with van der Waals surface area (Å²) in [4.78, 5) is 0. The standard InChI is InChI=1S/C17H22N2O3S/c1-17(2)10-12(18-16(23)19-17)7-6-11-8-13(20-3)15(22-5)14(9-11)21-4/h6-10H,1-5H3,(H2,18,19,23)/b7-6+. The summed E-state index contributed by atoms with van der Waals surface area (Å²) >= 11 is 5.22. The molecule has 0 atom stereocenters. The fraction of sp³-hybridized carbons (Fsp3) is 0.353. The lowest BCUT2D eigenvalue weighted by molar-refractivity contribution is 0.324. The Morgan fingerprint density at radius 1 is 1.00 bits per heavy atom. The summed E-state index contributed by atoms with van der Waals surface area (Å²) in [6.45, 7) is 4.13. The van der Waals surface area contributed by atoms with Gasteiger partial charge in [0.05, 0.1) is 26.9 Å². The smallest absolute Gasteiger partial charge is 0.203 e. The van der Waals surface area contributed by atoms with Crippen LogP contribution in [0.15, 0.2) is 30.0 Å². The molecule has 1 aromatic carbocycles. The molecule has 0 aromatic heterocycles. The number of methoxy groups -OCH3 is 3. The Bertz CT molecular complexity index is 641. The minimum atomic E-state index is -0.183. The predicted octanol–water partition coefficient (Wildman–Crippen LogP) is 2.87. The monoisotopic (exact) mass is 334 g/mol. The molecule has 0 radical (unpaired) electrons. The summed E-state index contributed by atoms with van der Waals surface area (Å²) < 4.78 is 16.0. The minimum Gasteiger partial charge on any atom is -0.493 e. The molecule has 0 unspecified atom stereocenters. The molecule has 1 aliphatic heterocycles. The Balaban J connectivity index is 2.33. The number of ether oxygens (including phenoxy) is 3. The van der Waals surface area contributed by atoms with Gasteiger partial charge in [0.1, 0.15) is 0 Å². The molecule has 0 fully saturated rings. The lowest BCUT2D eigenvalue weighted by Gasteiger charge is -2.30. The first-order valence-electron chi connectivity index (χ1n) is 7.18. The zero-order chi connectivity index (χ0) is 17.0. The summed E-state index contributed by atoms with van der Waals surface area (Å²) in [5.41, 5.74) is 1.69. The van der Waals surface area contributed by atoms with Gasteiger partial charge < -0.3 is 24.8 Å². The van der Waals surface area contributed by atoms with Crippen molar-refractivity contribution >= 4 is 23.4 Å². The van der Waals surface area contributed by atoms with Crippen LogP contribution in [-0.2, 0) is 0 Å². The van der Waals surface area contributed by atoms with Crippen LogP contribution in [0.5, 0.6) is 17.2 Å². The van der Waals surface area contributed by atoms with E-state index >= 15 is 0 Å². The van der Waals surface area contributed by atoms with E-state index in [-0.39, 0.29) is 5.54 Å². The van der Waals surface area contributed by atoms with E-state index < -0.39 is 0 Å². The number of nitrogens with one attached hydrogen (secondary N) is 2. The van der Waals surface area contributed by atoms with Gasteiger partial charge in [0.2, 0.25) is 5.75 Å². The Labute approximate surface area is 142 Å². The van der Waals surface area contributed by atoms with Crippen LogP contribution >= 0.6 is 12.2 Å². The highest BCUT2D eigenvalue weighted by atomic mass is 32.1. The van der Waals surface area contributed by atoms with Crippen molar-refractivity contribution in [3.63, 3.8) is 0 Å². The van der Waals surface area contributed by atoms with Gasteiger partial charge in [0, 0.05) is 5.70 Å². The van der Waals surface area contributed by atoms with Crippen LogP contribution < -0.4 is 24.8 Å². The van der Waals surface area contributed by atoms with E-state index in [9.17, 15) is 0 Å². The van der Waals surface area contributed by atoms with Crippen molar-refractivity contribution in [2.75, 3.05) is 21.3 Å². The van der Waals surface area contributed by atoms with E-state index in [1.54, 1.807) is 21.3 Å². The molecule has 0 bridgehead atoms. The van der Waals surface area contributed by atoms with Gasteiger partial charge in [-0.25, -0.2) is 0 Å². The maximum absolute atomic E-state index is 5.36. The third-order valence-corrected chi connectivity index (χ3v) is 3.56. The normalized spacial score (nSPS) is 16.4. The molecule has 2 rings (SSSR count). The third-order valence-electron chi connectivity index (χ3n) is 3.35. The van der Waals surface area contributed by atoms with E-state index in [0.29, 0.717) is 22.4 Å². The van der Waals surface area contributed by atoms with E-state index in [1.807, 2.05) is 24.3 Å². The molecular weight excluding hydrogens is 312 g/mol. The molecule has 124 valence electrons. The minimum absolute atomic E-state index is 0.183. The summed E-state index contributed by atoms with van der Waals surface area (Å²) in [6.07, 6.45) is 6.01. The van der Waals surface area contributed by atoms with Gasteiger partial charge in [-0.3, -0.25) is 0 Å². The average Bonchev–Trinajstić information content (AvgIpc) is 2.49. The predicted molar refractivity (Wildman–Crippen MR) is 96.2 cm³/mol. The second-order valence-corrected chi connectivity index (χ2v) is 6.10. The highest BCUT2D eigenvalue weighted by Crippen LogP contribution is 2.38. The average molecular weight is 334 g/mol. The molecule has 6 heteroatoms. The van der Waals surface area contributed by atoms with E-state index in [2.05, 4.69) is 30.6 Å². The SMILES string of the molecule is COc1cc(/C=C/C2=CC(C)(C)NC(=S)N2)cc(OC)c1OC. The first kappa shape index (κ1) is 17.1. The first-order chi connectivity index (χ1) is 10.9. The molecule has 0 aliphatic carbocycles. The fourth-order valence-corrected chi connectivity index (χ4v) is 2.77. The van der Waals surface area contributed by atoms with Gasteiger partial charge in [0.25, 0.3) is 0 Å². The van der Waals surface area contributed by atoms with Crippen LogP contribution in [0, 0.1) is 0 Å². The van der Waals surface area contributed by atoms with Gasteiger partial charge >= 0.3 is 0 Å². The van der Waals surface area contributed by atoms with Gasteiger partial charge in [0.15, 0.2) is 16.6 Å². The summed E-state index contributed by atoms with van der Waals surface area (Å²) in [6, 6.07) is 3.78. The molecule has 1 aliphatic rings. The van der Waals surface area contributed by atoms with Gasteiger partial charge in [-0.15, -0.1) is 0 Å². The van der Waals surface area contributed by atoms with Gasteiger partial charge in [-0.05, 0) is 55.9 Å². The van der Waals surface area contributed by atoms with E-state index in [1.165, 1.54) is 0 Å². The molecule has 5 nitrogen and oxygen atoms in total. The lowest BCUT2D eigenvalue weighted by atomic mass is 10.0. The maximum Gasteiger partial charge on any atom is 0.203 e. The van der Waals surface area contributed by atoms with Crippen LogP contribution in [0.25, 0.3) is 6.08 Å². The summed E-state index contributed by atoms with van der Waals surface area (Å²) in [5, 5.41) is 6.93. The van der Waals surface area contributed by atoms with Crippen molar-refractivity contribution in [3.05, 3.63) is 35.5 Å². The first-order valence-corrected chi connectivity index (χ1v) is 7.59. The second-order valence-electron chi connectivity index (χ2n) is 5.69. The summed E-state index contributed by atoms with van der Waals surface area (Å²) in [5.74, 6) is 1.82. The van der Waals surface area contributed by atoms with Crippen molar-refractivity contribution < 1.29 is 14.2 Å². The van der Waals surface area contributed by atoms with Crippen LogP contribution in [-0.4, -0.2) is 32.0 Å². The molecule has 2 N–H and O–H groups in total. The fourth-order valence-electron chi connectivity index (χ4n) is 2.39. The highest BCUT2D eigenvalue weighted by Gasteiger charge is 2.21. The number of benzene rings is 1. The van der Waals surface area contributed by atoms with Gasteiger partial charge in [-0.1, -0.05) is 6.08 Å². The Morgan fingerprint density at radius 3 is 2.09 bits per heavy atom. The summed E-state index contributed by atoms with van der Waals surface area (Å²) in [7, 11) is 4.79. The van der Waals surface area contributed by atoms with Crippen LogP contribution in [0.1, 0.15) is 19.4 Å². The number of hydrogen-bond donors (Lipinski definition) is 2. The lowest BCUT2D eigenvalue weighted by Crippen LogP contribution is -2.51. The molecule has 23 heavy (non-hydrogen) atoms. The number of allylic oxidation sites excluding steroid dienone is 1. The van der Waals surface area contributed by atoms with Crippen LogP contribution in [0.2, 0.25) is 0 Å². The quantitative estimate of drug-likeness (QED) is 0.808. The molecule has 0 spiro atoms. The number of thiocarbonyl (C=S) groups is 1. The zero-order valence-corrected chi connectivity index (χ0v) is 14.8. The van der Waals surface area contributed by atoms with Crippen LogP contribution in [0.4, 0.5) is 0 Å². The Hall–Kier alpha value is -2.21. The number of rotatable bonds is 5. The van der Waals surface area contributed by atoms with Crippen molar-refractivity contribution in [1.29, 1.82) is 0 Å². The molecule has 0 saturated carbocycles. The van der Waals surface area contributed by atoms with Crippen molar-refractivity contribution in [2.45, 2.75) is 19.4 Å². The van der Waals surface area contributed by atoms with Gasteiger partial charge in [-0.2, -0.15) is 0 Å².